The van der Waals surface area contributed by atoms with Gasteiger partial charge in [-0.2, -0.15) is 8.42 Å². The van der Waals surface area contributed by atoms with Crippen LogP contribution in [0.15, 0.2) is 23.3 Å². The number of hydrogen-bond acceptors (Lipinski definition) is 2. The molecule has 0 saturated carbocycles. The molecule has 0 bridgehead atoms. The molecule has 68 valence electrons. The maximum absolute atomic E-state index is 10.7. The van der Waals surface area contributed by atoms with Crippen molar-refractivity contribution in [2.75, 3.05) is 0 Å². The fraction of sp³-hybridized carbons (Fsp3) is 0.333. The lowest BCUT2D eigenvalue weighted by Crippen LogP contribution is -2.30. The summed E-state index contributed by atoms with van der Waals surface area (Å²) in [6.07, 6.45) is 4.00. The quantitative estimate of drug-likeness (QED) is 0.551. The van der Waals surface area contributed by atoms with E-state index in [4.69, 9.17) is 27.8 Å². The molecule has 0 aromatic heterocycles. The van der Waals surface area contributed by atoms with Gasteiger partial charge in [-0.15, -0.1) is 0 Å². The summed E-state index contributed by atoms with van der Waals surface area (Å²) >= 11 is 11.2. The molecule has 1 N–H and O–H groups in total. The van der Waals surface area contributed by atoms with Crippen LogP contribution in [0, 0.1) is 0 Å². The fourth-order valence-electron chi connectivity index (χ4n) is 0.822. The van der Waals surface area contributed by atoms with Crippen molar-refractivity contribution in [3.63, 3.8) is 0 Å². The fourth-order valence-corrected chi connectivity index (χ4v) is 2.06. The molecule has 12 heavy (non-hydrogen) atoms. The molecule has 1 aliphatic rings. The second-order valence-electron chi connectivity index (χ2n) is 2.41. The van der Waals surface area contributed by atoms with Crippen LogP contribution in [-0.4, -0.2) is 17.2 Å². The first-order valence-corrected chi connectivity index (χ1v) is 5.25. The van der Waals surface area contributed by atoms with Gasteiger partial charge in [-0.3, -0.25) is 4.55 Å². The van der Waals surface area contributed by atoms with Gasteiger partial charge in [0.15, 0.2) is 4.21 Å². The standard InChI is InChI=1S/C6H6Cl2O3S/c7-5-2-1-3-6(8,4-5)12(9,10)11/h1-3H,4H2,(H,9,10,11). The minimum absolute atomic E-state index is 0.106. The van der Waals surface area contributed by atoms with Gasteiger partial charge < -0.3 is 0 Å². The van der Waals surface area contributed by atoms with Crippen molar-refractivity contribution in [3.05, 3.63) is 23.3 Å². The van der Waals surface area contributed by atoms with Crippen LogP contribution in [0.4, 0.5) is 0 Å². The van der Waals surface area contributed by atoms with E-state index in [1.54, 1.807) is 0 Å². The van der Waals surface area contributed by atoms with Gasteiger partial charge in [-0.1, -0.05) is 29.3 Å². The van der Waals surface area contributed by atoms with E-state index in [9.17, 15) is 8.42 Å². The first kappa shape index (κ1) is 10.1. The van der Waals surface area contributed by atoms with Gasteiger partial charge in [0.25, 0.3) is 10.1 Å². The molecule has 6 heteroatoms. The van der Waals surface area contributed by atoms with Crippen molar-refractivity contribution in [1.29, 1.82) is 0 Å². The molecule has 0 saturated heterocycles. The molecule has 3 nitrogen and oxygen atoms in total. The lowest BCUT2D eigenvalue weighted by Gasteiger charge is -2.21. The molecule has 1 atom stereocenters. The number of halogens is 2. The van der Waals surface area contributed by atoms with Gasteiger partial charge in [0.2, 0.25) is 0 Å². The van der Waals surface area contributed by atoms with E-state index in [-0.39, 0.29) is 6.42 Å². The van der Waals surface area contributed by atoms with Crippen LogP contribution in [-0.2, 0) is 10.1 Å². The molecule has 0 spiro atoms. The van der Waals surface area contributed by atoms with Crippen molar-refractivity contribution in [3.8, 4) is 0 Å². The molecule has 0 fully saturated rings. The average Bonchev–Trinajstić information content (AvgIpc) is 1.83. The monoisotopic (exact) mass is 228 g/mol. The Balaban J connectivity index is 3.07. The summed E-state index contributed by atoms with van der Waals surface area (Å²) in [5, 5.41) is 0.296. The molecule has 0 heterocycles. The molecule has 1 unspecified atom stereocenters. The van der Waals surface area contributed by atoms with E-state index >= 15 is 0 Å². The highest BCUT2D eigenvalue weighted by molar-refractivity contribution is 7.88. The van der Waals surface area contributed by atoms with Crippen LogP contribution in [0.5, 0.6) is 0 Å². The van der Waals surface area contributed by atoms with E-state index in [0.717, 1.165) is 0 Å². The van der Waals surface area contributed by atoms with E-state index < -0.39 is 14.3 Å². The summed E-state index contributed by atoms with van der Waals surface area (Å²) in [6, 6.07) is 0. The predicted molar refractivity (Wildman–Crippen MR) is 47.8 cm³/mol. The highest BCUT2D eigenvalue weighted by Gasteiger charge is 2.40. The first-order valence-electron chi connectivity index (χ1n) is 3.05. The maximum Gasteiger partial charge on any atom is 0.288 e. The van der Waals surface area contributed by atoms with Crippen molar-refractivity contribution in [2.45, 2.75) is 10.6 Å². The molecular formula is C6H6Cl2O3S. The summed E-state index contributed by atoms with van der Waals surface area (Å²) in [5.41, 5.74) is 0. The van der Waals surface area contributed by atoms with Crippen molar-refractivity contribution in [1.82, 2.24) is 0 Å². The third-order valence-corrected chi connectivity index (χ3v) is 3.70. The first-order chi connectivity index (χ1) is 5.35. The molecule has 1 aliphatic carbocycles. The Morgan fingerprint density at radius 1 is 1.58 bits per heavy atom. The SMILES string of the molecule is O=S(=O)(O)C1(Cl)C=CC=C(Cl)C1. The van der Waals surface area contributed by atoms with E-state index in [1.165, 1.54) is 18.2 Å². The Bertz CT molecular complexity index is 344. The Morgan fingerprint density at radius 2 is 2.17 bits per heavy atom. The second kappa shape index (κ2) is 3.03. The molecule has 0 aromatic carbocycles. The zero-order valence-electron chi connectivity index (χ0n) is 5.87. The van der Waals surface area contributed by atoms with Crippen LogP contribution in [0.25, 0.3) is 0 Å². The third kappa shape index (κ3) is 1.82. The largest absolute Gasteiger partial charge is 0.288 e. The normalized spacial score (nSPS) is 30.1. The summed E-state index contributed by atoms with van der Waals surface area (Å²) in [4.78, 5) is 0. The highest BCUT2D eigenvalue weighted by Crippen LogP contribution is 2.35. The van der Waals surface area contributed by atoms with E-state index in [1.807, 2.05) is 0 Å². The van der Waals surface area contributed by atoms with Gasteiger partial charge in [0.05, 0.1) is 0 Å². The Labute approximate surface area is 80.4 Å². The molecule has 0 aromatic rings. The zero-order chi connectivity index (χ0) is 9.41. The molecule has 0 amide bonds. The topological polar surface area (TPSA) is 54.4 Å². The number of rotatable bonds is 1. The molecule has 1 rings (SSSR count). The third-order valence-electron chi connectivity index (χ3n) is 1.46. The van der Waals surface area contributed by atoms with E-state index in [0.29, 0.717) is 5.03 Å². The van der Waals surface area contributed by atoms with Gasteiger partial charge >= 0.3 is 0 Å². The van der Waals surface area contributed by atoms with Crippen LogP contribution in [0.1, 0.15) is 6.42 Å². The Morgan fingerprint density at radius 3 is 2.50 bits per heavy atom. The highest BCUT2D eigenvalue weighted by atomic mass is 35.5. The van der Waals surface area contributed by atoms with Crippen molar-refractivity contribution >= 4 is 33.3 Å². The molecule has 0 radical (unpaired) electrons. The summed E-state index contributed by atoms with van der Waals surface area (Å²) in [7, 11) is -4.30. The Kier molecular flexibility index (Phi) is 2.54. The van der Waals surface area contributed by atoms with Crippen LogP contribution in [0.3, 0.4) is 0 Å². The minimum atomic E-state index is -4.30. The Hall–Kier alpha value is -0.0300. The van der Waals surface area contributed by atoms with Crippen LogP contribution in [0.2, 0.25) is 0 Å². The van der Waals surface area contributed by atoms with Gasteiger partial charge in [0.1, 0.15) is 0 Å². The van der Waals surface area contributed by atoms with Gasteiger partial charge in [-0.05, 0) is 12.2 Å². The zero-order valence-corrected chi connectivity index (χ0v) is 8.20. The molecule has 0 aliphatic heterocycles. The number of hydrogen-bond donors (Lipinski definition) is 1. The number of alkyl halides is 1. The lowest BCUT2D eigenvalue weighted by molar-refractivity contribution is 0.468. The van der Waals surface area contributed by atoms with E-state index in [2.05, 4.69) is 0 Å². The average molecular weight is 229 g/mol. The van der Waals surface area contributed by atoms with Crippen molar-refractivity contribution < 1.29 is 13.0 Å². The molecular weight excluding hydrogens is 223 g/mol. The summed E-state index contributed by atoms with van der Waals surface area (Å²) in [5.74, 6) is 0. The van der Waals surface area contributed by atoms with Gasteiger partial charge in [-0.25, -0.2) is 0 Å². The smallest absolute Gasteiger partial charge is 0.284 e. The maximum atomic E-state index is 10.7. The summed E-state index contributed by atoms with van der Waals surface area (Å²) in [6.45, 7) is 0. The summed E-state index contributed by atoms with van der Waals surface area (Å²) < 4.78 is 28.4. The predicted octanol–water partition coefficient (Wildman–Crippen LogP) is 1.89. The van der Waals surface area contributed by atoms with Gasteiger partial charge in [0, 0.05) is 11.5 Å². The van der Waals surface area contributed by atoms with Crippen LogP contribution >= 0.6 is 23.2 Å². The lowest BCUT2D eigenvalue weighted by atomic mass is 10.2. The second-order valence-corrected chi connectivity index (χ2v) is 5.47. The van der Waals surface area contributed by atoms with Crippen LogP contribution < -0.4 is 0 Å². The van der Waals surface area contributed by atoms with Crippen molar-refractivity contribution in [2.24, 2.45) is 0 Å². The number of allylic oxidation sites excluding steroid dienone is 3. The minimum Gasteiger partial charge on any atom is -0.284 e.